The minimum atomic E-state index is 0.106. The third-order valence-electron chi connectivity index (χ3n) is 5.21. The Balaban J connectivity index is 1.68. The van der Waals surface area contributed by atoms with Crippen LogP contribution in [0, 0.1) is 0 Å². The van der Waals surface area contributed by atoms with E-state index >= 15 is 0 Å². The Labute approximate surface area is 183 Å². The summed E-state index contributed by atoms with van der Waals surface area (Å²) in [4.78, 5) is 0. The Hall–Kier alpha value is -3.92. The number of ether oxygens (including phenoxy) is 2. The van der Waals surface area contributed by atoms with Crippen molar-refractivity contribution in [1.29, 1.82) is 0 Å². The highest BCUT2D eigenvalue weighted by Crippen LogP contribution is 2.41. The van der Waals surface area contributed by atoms with Crippen molar-refractivity contribution in [3.63, 3.8) is 0 Å². The van der Waals surface area contributed by atoms with E-state index in [0.29, 0.717) is 11.4 Å². The molecule has 0 spiro atoms. The van der Waals surface area contributed by atoms with Gasteiger partial charge in [-0.25, -0.2) is 0 Å². The van der Waals surface area contributed by atoms with Crippen LogP contribution >= 0.6 is 0 Å². The number of nitrogens with two attached hydrogens (primary N) is 2. The summed E-state index contributed by atoms with van der Waals surface area (Å²) in [5.41, 5.74) is 15.2. The molecular weight excluding hydrogens is 384 g/mol. The molecule has 0 unspecified atom stereocenters. The number of para-hydroxylation sites is 2. The third-order valence-corrected chi connectivity index (χ3v) is 5.21. The summed E-state index contributed by atoms with van der Waals surface area (Å²) in [6, 6.07) is 31.1. The Morgan fingerprint density at radius 3 is 1.35 bits per heavy atom. The van der Waals surface area contributed by atoms with E-state index in [9.17, 15) is 0 Å². The molecule has 156 valence electrons. The first-order valence-corrected chi connectivity index (χ1v) is 10.4. The molecule has 0 aliphatic rings. The van der Waals surface area contributed by atoms with Gasteiger partial charge in [-0.15, -0.1) is 0 Å². The van der Waals surface area contributed by atoms with E-state index in [0.717, 1.165) is 40.5 Å². The van der Waals surface area contributed by atoms with E-state index in [-0.39, 0.29) is 5.92 Å². The van der Waals surface area contributed by atoms with Gasteiger partial charge in [-0.1, -0.05) is 43.3 Å². The molecule has 0 bridgehead atoms. The molecule has 0 aliphatic carbocycles. The number of nitrogen functional groups attached to an aromatic ring is 2. The smallest absolute Gasteiger partial charge is 0.131 e. The molecule has 4 nitrogen and oxygen atoms in total. The Kier molecular flexibility index (Phi) is 6.08. The van der Waals surface area contributed by atoms with E-state index in [4.69, 9.17) is 20.9 Å². The second-order valence-corrected chi connectivity index (χ2v) is 7.38. The average molecular weight is 411 g/mol. The van der Waals surface area contributed by atoms with Gasteiger partial charge in [-0.3, -0.25) is 0 Å². The summed E-state index contributed by atoms with van der Waals surface area (Å²) in [7, 11) is 0. The van der Waals surface area contributed by atoms with Crippen molar-refractivity contribution < 1.29 is 9.47 Å². The van der Waals surface area contributed by atoms with Crippen LogP contribution in [0.4, 0.5) is 11.4 Å². The number of hydrogen-bond acceptors (Lipinski definition) is 4. The lowest BCUT2D eigenvalue weighted by Crippen LogP contribution is -2.04. The van der Waals surface area contributed by atoms with E-state index in [1.54, 1.807) is 0 Å². The van der Waals surface area contributed by atoms with Crippen molar-refractivity contribution in [1.82, 2.24) is 0 Å². The molecular formula is C27H26N2O2. The van der Waals surface area contributed by atoms with Crippen molar-refractivity contribution in [2.24, 2.45) is 0 Å². The van der Waals surface area contributed by atoms with Crippen molar-refractivity contribution in [2.75, 3.05) is 11.5 Å². The molecule has 4 N–H and O–H groups in total. The van der Waals surface area contributed by atoms with Gasteiger partial charge in [-0.2, -0.15) is 0 Å². The molecule has 0 atom stereocenters. The van der Waals surface area contributed by atoms with Gasteiger partial charge in [0.05, 0.1) is 0 Å². The summed E-state index contributed by atoms with van der Waals surface area (Å²) in [5.74, 6) is 3.25. The monoisotopic (exact) mass is 410 g/mol. The SMILES string of the molecule is CCC(c1ccccc1Oc1ccc(N)cc1)c1ccccc1Oc1ccc(N)cc1. The molecule has 0 heterocycles. The fourth-order valence-electron chi connectivity index (χ4n) is 3.66. The van der Waals surface area contributed by atoms with Crippen molar-refractivity contribution in [3.05, 3.63) is 108 Å². The maximum Gasteiger partial charge on any atom is 0.131 e. The van der Waals surface area contributed by atoms with E-state index in [1.807, 2.05) is 84.9 Å². The minimum absolute atomic E-state index is 0.106. The largest absolute Gasteiger partial charge is 0.457 e. The molecule has 0 radical (unpaired) electrons. The molecule has 4 aromatic rings. The molecule has 31 heavy (non-hydrogen) atoms. The molecule has 0 saturated carbocycles. The fraction of sp³-hybridized carbons (Fsp3) is 0.111. The second kappa shape index (κ2) is 9.26. The summed E-state index contributed by atoms with van der Waals surface area (Å²) in [5, 5.41) is 0. The number of anilines is 2. The lowest BCUT2D eigenvalue weighted by molar-refractivity contribution is 0.462. The minimum Gasteiger partial charge on any atom is -0.457 e. The van der Waals surface area contributed by atoms with Crippen LogP contribution in [0.3, 0.4) is 0 Å². The predicted molar refractivity (Wildman–Crippen MR) is 127 cm³/mol. The van der Waals surface area contributed by atoms with Crippen LogP contribution in [0.2, 0.25) is 0 Å². The van der Waals surface area contributed by atoms with Gasteiger partial charge in [0.1, 0.15) is 23.0 Å². The highest BCUT2D eigenvalue weighted by molar-refractivity contribution is 5.51. The number of benzene rings is 4. The van der Waals surface area contributed by atoms with E-state index in [2.05, 4.69) is 19.1 Å². The summed E-state index contributed by atoms with van der Waals surface area (Å²) in [6.45, 7) is 2.17. The van der Waals surface area contributed by atoms with Crippen LogP contribution in [0.25, 0.3) is 0 Å². The van der Waals surface area contributed by atoms with Crippen LogP contribution < -0.4 is 20.9 Å². The Morgan fingerprint density at radius 2 is 0.968 bits per heavy atom. The normalized spacial score (nSPS) is 10.8. The molecule has 0 amide bonds. The van der Waals surface area contributed by atoms with E-state index < -0.39 is 0 Å². The maximum absolute atomic E-state index is 6.23. The zero-order valence-electron chi connectivity index (χ0n) is 17.5. The van der Waals surface area contributed by atoms with Gasteiger partial charge >= 0.3 is 0 Å². The zero-order valence-corrected chi connectivity index (χ0v) is 17.5. The number of rotatable bonds is 7. The van der Waals surface area contributed by atoms with Crippen LogP contribution in [-0.4, -0.2) is 0 Å². The van der Waals surface area contributed by atoms with Crippen molar-refractivity contribution >= 4 is 11.4 Å². The predicted octanol–water partition coefficient (Wildman–Crippen LogP) is 6.98. The molecule has 4 aromatic carbocycles. The number of hydrogen-bond donors (Lipinski definition) is 2. The first-order chi connectivity index (χ1) is 15.1. The van der Waals surface area contributed by atoms with Crippen LogP contribution in [-0.2, 0) is 0 Å². The van der Waals surface area contributed by atoms with Crippen LogP contribution in [0.15, 0.2) is 97.1 Å². The van der Waals surface area contributed by atoms with Gasteiger partial charge in [0.15, 0.2) is 0 Å². The van der Waals surface area contributed by atoms with Crippen molar-refractivity contribution in [3.8, 4) is 23.0 Å². The zero-order chi connectivity index (χ0) is 21.6. The molecule has 4 heteroatoms. The van der Waals surface area contributed by atoms with Crippen LogP contribution in [0.5, 0.6) is 23.0 Å². The summed E-state index contributed by atoms with van der Waals surface area (Å²) >= 11 is 0. The molecule has 0 aliphatic heterocycles. The maximum atomic E-state index is 6.23. The fourth-order valence-corrected chi connectivity index (χ4v) is 3.66. The van der Waals surface area contributed by atoms with Gasteiger partial charge in [0, 0.05) is 28.4 Å². The quantitative estimate of drug-likeness (QED) is 0.323. The highest BCUT2D eigenvalue weighted by atomic mass is 16.5. The Morgan fingerprint density at radius 1 is 0.581 bits per heavy atom. The standard InChI is InChI=1S/C27H26N2O2/c1-2-23(24-7-3-5-9-26(24)30-21-15-11-19(28)12-16-21)25-8-4-6-10-27(25)31-22-17-13-20(29)14-18-22/h3-18,23H,2,28-29H2,1H3. The summed E-state index contributed by atoms with van der Waals surface area (Å²) in [6.07, 6.45) is 0.893. The van der Waals surface area contributed by atoms with Gasteiger partial charge in [-0.05, 0) is 67.1 Å². The molecule has 0 fully saturated rings. The van der Waals surface area contributed by atoms with Gasteiger partial charge in [0.25, 0.3) is 0 Å². The summed E-state index contributed by atoms with van der Waals surface area (Å²) < 4.78 is 12.5. The molecule has 4 rings (SSSR count). The van der Waals surface area contributed by atoms with E-state index in [1.165, 1.54) is 0 Å². The Bertz CT molecular complexity index is 1050. The first-order valence-electron chi connectivity index (χ1n) is 10.4. The highest BCUT2D eigenvalue weighted by Gasteiger charge is 2.21. The van der Waals surface area contributed by atoms with Gasteiger partial charge in [0.2, 0.25) is 0 Å². The second-order valence-electron chi connectivity index (χ2n) is 7.38. The average Bonchev–Trinajstić information content (AvgIpc) is 2.79. The topological polar surface area (TPSA) is 70.5 Å². The van der Waals surface area contributed by atoms with Crippen molar-refractivity contribution in [2.45, 2.75) is 19.3 Å². The first kappa shape index (κ1) is 20.4. The lowest BCUT2D eigenvalue weighted by Gasteiger charge is -2.22. The molecule has 0 saturated heterocycles. The third kappa shape index (κ3) is 4.81. The molecule has 0 aromatic heterocycles. The lowest BCUT2D eigenvalue weighted by atomic mass is 9.88. The van der Waals surface area contributed by atoms with Gasteiger partial charge < -0.3 is 20.9 Å². The van der Waals surface area contributed by atoms with Crippen LogP contribution in [0.1, 0.15) is 30.4 Å².